The Labute approximate surface area is 83.4 Å². The molecule has 0 amide bonds. The Hall–Kier alpha value is -1.18. The second-order valence-corrected chi connectivity index (χ2v) is 4.28. The molecule has 0 saturated heterocycles. The van der Waals surface area contributed by atoms with E-state index in [4.69, 9.17) is 0 Å². The molecule has 1 fully saturated rings. The van der Waals surface area contributed by atoms with Gasteiger partial charge in [-0.3, -0.25) is 9.79 Å². The van der Waals surface area contributed by atoms with Crippen molar-refractivity contribution >= 4 is 11.5 Å². The number of fused-ring (bicyclic) bond motifs is 3. The maximum Gasteiger partial charge on any atom is 0.177 e. The third kappa shape index (κ3) is 1.03. The predicted octanol–water partition coefficient (Wildman–Crippen LogP) is 2.27. The number of carbonyl (C=O) groups excluding carboxylic acids is 1. The number of ketones is 1. The molecule has 2 nitrogen and oxygen atoms in total. The van der Waals surface area contributed by atoms with E-state index in [2.05, 4.69) is 23.2 Å². The normalized spacial score (nSPS) is 34.7. The van der Waals surface area contributed by atoms with Crippen molar-refractivity contribution in [3.05, 3.63) is 23.9 Å². The molecule has 0 aromatic carbocycles. The fraction of sp³-hybridized carbons (Fsp3) is 0.500. The molecule has 3 aliphatic rings. The molecule has 0 radical (unpaired) electrons. The molecule has 72 valence electrons. The van der Waals surface area contributed by atoms with Gasteiger partial charge in [0.2, 0.25) is 0 Å². The monoisotopic (exact) mass is 187 g/mol. The summed E-state index contributed by atoms with van der Waals surface area (Å²) in [7, 11) is 0. The minimum Gasteiger partial charge on any atom is -0.293 e. The molecule has 0 aromatic heterocycles. The molecule has 14 heavy (non-hydrogen) atoms. The fourth-order valence-corrected chi connectivity index (χ4v) is 2.76. The Morgan fingerprint density at radius 2 is 2.29 bits per heavy atom. The van der Waals surface area contributed by atoms with Gasteiger partial charge in [0.1, 0.15) is 0 Å². The smallest absolute Gasteiger partial charge is 0.177 e. The Morgan fingerprint density at radius 1 is 1.36 bits per heavy atom. The average Bonchev–Trinajstić information content (AvgIpc) is 2.59. The zero-order chi connectivity index (χ0) is 9.54. The van der Waals surface area contributed by atoms with Crippen molar-refractivity contribution in [3.63, 3.8) is 0 Å². The molecule has 0 spiro atoms. The summed E-state index contributed by atoms with van der Waals surface area (Å²) in [6.45, 7) is 0. The van der Waals surface area contributed by atoms with Gasteiger partial charge in [-0.25, -0.2) is 0 Å². The van der Waals surface area contributed by atoms with E-state index in [0.29, 0.717) is 18.3 Å². The van der Waals surface area contributed by atoms with Crippen molar-refractivity contribution in [2.45, 2.75) is 25.7 Å². The van der Waals surface area contributed by atoms with Crippen molar-refractivity contribution in [2.75, 3.05) is 0 Å². The van der Waals surface area contributed by atoms with Crippen LogP contribution >= 0.6 is 0 Å². The molecule has 1 heterocycles. The first kappa shape index (κ1) is 8.16. The van der Waals surface area contributed by atoms with E-state index in [-0.39, 0.29) is 5.78 Å². The van der Waals surface area contributed by atoms with Crippen LogP contribution < -0.4 is 0 Å². The molecule has 1 aliphatic heterocycles. The molecule has 1 saturated carbocycles. The molecule has 3 rings (SSSR count). The topological polar surface area (TPSA) is 29.4 Å². The largest absolute Gasteiger partial charge is 0.293 e. The highest BCUT2D eigenvalue weighted by molar-refractivity contribution is 6.42. The van der Waals surface area contributed by atoms with Crippen molar-refractivity contribution in [3.8, 4) is 0 Å². The molecule has 0 bridgehead atoms. The van der Waals surface area contributed by atoms with Gasteiger partial charge in [-0.2, -0.15) is 0 Å². The summed E-state index contributed by atoms with van der Waals surface area (Å²) in [5, 5.41) is 0. The molecule has 0 N–H and O–H groups in total. The Morgan fingerprint density at radius 3 is 3.21 bits per heavy atom. The van der Waals surface area contributed by atoms with Crippen LogP contribution in [0.5, 0.6) is 0 Å². The van der Waals surface area contributed by atoms with Crippen molar-refractivity contribution in [2.24, 2.45) is 16.8 Å². The highest BCUT2D eigenvalue weighted by atomic mass is 16.1. The molecule has 2 aliphatic carbocycles. The van der Waals surface area contributed by atoms with Crippen LogP contribution in [0.2, 0.25) is 0 Å². The van der Waals surface area contributed by atoms with E-state index < -0.39 is 0 Å². The third-order valence-corrected chi connectivity index (χ3v) is 3.46. The van der Waals surface area contributed by atoms with Crippen LogP contribution in [0.25, 0.3) is 0 Å². The molecular formula is C12H13NO. The molecular weight excluding hydrogens is 174 g/mol. The maximum absolute atomic E-state index is 11.6. The van der Waals surface area contributed by atoms with E-state index in [0.717, 1.165) is 30.7 Å². The van der Waals surface area contributed by atoms with Crippen molar-refractivity contribution < 1.29 is 4.79 Å². The summed E-state index contributed by atoms with van der Waals surface area (Å²) in [4.78, 5) is 16.1. The first-order valence-electron chi connectivity index (χ1n) is 5.35. The Bertz CT molecular complexity index is 376. The summed E-state index contributed by atoms with van der Waals surface area (Å²) in [5.41, 5.74) is 2.01. The van der Waals surface area contributed by atoms with Gasteiger partial charge in [0.15, 0.2) is 5.78 Å². The second-order valence-electron chi connectivity index (χ2n) is 4.28. The van der Waals surface area contributed by atoms with Crippen LogP contribution in [0.1, 0.15) is 25.7 Å². The molecule has 2 unspecified atom stereocenters. The van der Waals surface area contributed by atoms with Crippen LogP contribution in [0.15, 0.2) is 28.9 Å². The number of Topliss-reactive ketones (excluding diaryl/α,β-unsaturated/α-hetero) is 1. The molecule has 0 aromatic rings. The van der Waals surface area contributed by atoms with Crippen molar-refractivity contribution in [1.82, 2.24) is 0 Å². The van der Waals surface area contributed by atoms with Gasteiger partial charge in [-0.15, -0.1) is 0 Å². The van der Waals surface area contributed by atoms with Crippen molar-refractivity contribution in [1.29, 1.82) is 0 Å². The van der Waals surface area contributed by atoms with Gasteiger partial charge in [-0.05, 0) is 25.3 Å². The Kier molecular flexibility index (Phi) is 1.69. The van der Waals surface area contributed by atoms with Crippen LogP contribution in [0.4, 0.5) is 0 Å². The number of allylic oxidation sites excluding steroid dienone is 4. The summed E-state index contributed by atoms with van der Waals surface area (Å²) in [6.07, 6.45) is 10.3. The van der Waals surface area contributed by atoms with E-state index in [1.807, 2.05) is 0 Å². The van der Waals surface area contributed by atoms with Gasteiger partial charge in [0.05, 0.1) is 5.71 Å². The van der Waals surface area contributed by atoms with Crippen LogP contribution in [-0.4, -0.2) is 11.5 Å². The zero-order valence-corrected chi connectivity index (χ0v) is 8.07. The summed E-state index contributed by atoms with van der Waals surface area (Å²) in [5.74, 6) is 1.24. The van der Waals surface area contributed by atoms with Gasteiger partial charge in [0, 0.05) is 24.0 Å². The summed E-state index contributed by atoms with van der Waals surface area (Å²) >= 11 is 0. The highest BCUT2D eigenvalue weighted by Crippen LogP contribution is 2.41. The number of aliphatic imine (C=N–C) groups is 1. The SMILES string of the molecule is O=C1CCCC2C1=NC1=CC=CCC12. The fourth-order valence-electron chi connectivity index (χ4n) is 2.76. The highest BCUT2D eigenvalue weighted by Gasteiger charge is 2.39. The van der Waals surface area contributed by atoms with Gasteiger partial charge >= 0.3 is 0 Å². The maximum atomic E-state index is 11.6. The summed E-state index contributed by atoms with van der Waals surface area (Å²) in [6, 6.07) is 0. The van der Waals surface area contributed by atoms with Crippen LogP contribution in [-0.2, 0) is 4.79 Å². The summed E-state index contributed by atoms with van der Waals surface area (Å²) < 4.78 is 0. The lowest BCUT2D eigenvalue weighted by atomic mass is 9.77. The lowest BCUT2D eigenvalue weighted by molar-refractivity contribution is -0.113. The van der Waals surface area contributed by atoms with E-state index in [1.165, 1.54) is 0 Å². The predicted molar refractivity (Wildman–Crippen MR) is 55.1 cm³/mol. The zero-order valence-electron chi connectivity index (χ0n) is 8.07. The van der Waals surface area contributed by atoms with Gasteiger partial charge in [-0.1, -0.05) is 12.2 Å². The first-order valence-corrected chi connectivity index (χ1v) is 5.35. The first-order chi connectivity index (χ1) is 6.86. The van der Waals surface area contributed by atoms with E-state index >= 15 is 0 Å². The number of nitrogens with zero attached hydrogens (tertiary/aromatic N) is 1. The molecule has 2 heteroatoms. The van der Waals surface area contributed by atoms with Crippen LogP contribution in [0.3, 0.4) is 0 Å². The lowest BCUT2D eigenvalue weighted by Gasteiger charge is -2.24. The standard InChI is InChI=1S/C12H13NO/c14-11-7-3-5-9-8-4-1-2-6-10(8)13-12(9)11/h1-2,6,8-9H,3-5,7H2. The quantitative estimate of drug-likeness (QED) is 0.572. The van der Waals surface area contributed by atoms with E-state index in [1.54, 1.807) is 0 Å². The van der Waals surface area contributed by atoms with Gasteiger partial charge < -0.3 is 0 Å². The number of hydrogen-bond acceptors (Lipinski definition) is 2. The Balaban J connectivity index is 2.01. The number of hydrogen-bond donors (Lipinski definition) is 0. The minimum absolute atomic E-state index is 0.288. The van der Waals surface area contributed by atoms with E-state index in [9.17, 15) is 4.79 Å². The lowest BCUT2D eigenvalue weighted by Crippen LogP contribution is -2.29. The molecule has 2 atom stereocenters. The average molecular weight is 187 g/mol. The number of rotatable bonds is 0. The van der Waals surface area contributed by atoms with Gasteiger partial charge in [0.25, 0.3) is 0 Å². The minimum atomic E-state index is 0.288. The number of carbonyl (C=O) groups is 1. The second kappa shape index (κ2) is 2.91. The third-order valence-electron chi connectivity index (χ3n) is 3.46. The van der Waals surface area contributed by atoms with Crippen LogP contribution in [0, 0.1) is 11.8 Å².